The Hall–Kier alpha value is -3.58. The lowest BCUT2D eigenvalue weighted by Gasteiger charge is -2.14. The molecule has 1 N–H and O–H groups in total. The highest BCUT2D eigenvalue weighted by atomic mass is 16.6. The minimum atomic E-state index is -1.71. The predicted molar refractivity (Wildman–Crippen MR) is 116 cm³/mol. The van der Waals surface area contributed by atoms with Gasteiger partial charge in [-0.15, -0.1) is 13.2 Å². The third kappa shape index (κ3) is 6.72. The van der Waals surface area contributed by atoms with Crippen LogP contribution in [-0.4, -0.2) is 37.4 Å². The topological polar surface area (TPSA) is 91.3 Å². The number of aliphatic hydroxyl groups excluding tert-OH is 1. The van der Waals surface area contributed by atoms with Gasteiger partial charge in [-0.3, -0.25) is 4.79 Å². The predicted octanol–water partition coefficient (Wildman–Crippen LogP) is 3.42. The molecule has 0 heterocycles. The molecule has 0 spiro atoms. The number of carbonyl (C=O) groups is 2. The zero-order chi connectivity index (χ0) is 22.8. The maximum Gasteiger partial charge on any atom is 0.341 e. The van der Waals surface area contributed by atoms with Crippen LogP contribution < -0.4 is 18.9 Å². The molecule has 0 unspecified atom stereocenters. The Morgan fingerprint density at radius 3 is 1.81 bits per heavy atom. The largest absolute Gasteiger partial charge is 0.493 e. The van der Waals surface area contributed by atoms with Gasteiger partial charge in [0, 0.05) is 0 Å². The van der Waals surface area contributed by atoms with Crippen LogP contribution in [-0.2, 0) is 22.4 Å². The minimum absolute atomic E-state index is 0.132. The lowest BCUT2D eigenvalue weighted by atomic mass is 10.1. The second-order valence-electron chi connectivity index (χ2n) is 6.57. The summed E-state index contributed by atoms with van der Waals surface area (Å²) in [6.07, 6.45) is 2.43. The van der Waals surface area contributed by atoms with Crippen molar-refractivity contribution in [3.63, 3.8) is 0 Å². The van der Waals surface area contributed by atoms with Crippen LogP contribution >= 0.6 is 0 Å². The lowest BCUT2D eigenvalue weighted by Crippen LogP contribution is -2.30. The number of aliphatic hydroxyl groups is 1. The molecule has 31 heavy (non-hydrogen) atoms. The number of esters is 2. The van der Waals surface area contributed by atoms with E-state index in [-0.39, 0.29) is 11.5 Å². The molecule has 0 aromatic heterocycles. The average Bonchev–Trinajstić information content (AvgIpc) is 2.75. The molecule has 0 amide bonds. The van der Waals surface area contributed by atoms with Crippen LogP contribution in [0.25, 0.3) is 0 Å². The van der Waals surface area contributed by atoms with Crippen LogP contribution in [0.4, 0.5) is 0 Å². The molecular weight excluding hydrogens is 400 g/mol. The number of allylic oxidation sites excluding steroid dienone is 2. The Balaban J connectivity index is 2.00. The van der Waals surface area contributed by atoms with Crippen molar-refractivity contribution in [2.45, 2.75) is 25.4 Å². The Morgan fingerprint density at radius 1 is 0.871 bits per heavy atom. The second kappa shape index (κ2) is 11.6. The van der Waals surface area contributed by atoms with E-state index in [0.717, 1.165) is 11.1 Å². The summed E-state index contributed by atoms with van der Waals surface area (Å²) in [5.74, 6) is -0.818. The molecule has 2 aromatic carbocycles. The van der Waals surface area contributed by atoms with Crippen molar-refractivity contribution in [2.75, 3.05) is 14.2 Å². The summed E-state index contributed by atoms with van der Waals surface area (Å²) in [6, 6.07) is 10.1. The fourth-order valence-electron chi connectivity index (χ4n) is 2.76. The van der Waals surface area contributed by atoms with Crippen molar-refractivity contribution >= 4 is 11.9 Å². The molecule has 0 bridgehead atoms. The molecule has 0 fully saturated rings. The number of benzene rings is 2. The monoisotopic (exact) mass is 426 g/mol. The second-order valence-corrected chi connectivity index (χ2v) is 6.57. The van der Waals surface area contributed by atoms with Crippen LogP contribution in [0.3, 0.4) is 0 Å². The smallest absolute Gasteiger partial charge is 0.341 e. The Bertz CT molecular complexity index is 949. The third-order valence-electron chi connectivity index (χ3n) is 4.28. The van der Waals surface area contributed by atoms with Crippen LogP contribution in [0.2, 0.25) is 0 Å². The van der Waals surface area contributed by atoms with Gasteiger partial charge in [0.2, 0.25) is 0 Å². The van der Waals surface area contributed by atoms with Gasteiger partial charge in [-0.1, -0.05) is 24.3 Å². The van der Waals surface area contributed by atoms with Crippen molar-refractivity contribution in [3.05, 3.63) is 72.8 Å². The molecule has 7 heteroatoms. The van der Waals surface area contributed by atoms with Gasteiger partial charge in [-0.05, 0) is 48.2 Å². The molecule has 0 saturated heterocycles. The lowest BCUT2D eigenvalue weighted by molar-refractivity contribution is -0.150. The average molecular weight is 426 g/mol. The fraction of sp³-hybridized carbons (Fsp3) is 0.250. The van der Waals surface area contributed by atoms with Gasteiger partial charge < -0.3 is 24.1 Å². The van der Waals surface area contributed by atoms with Gasteiger partial charge in [0.15, 0.2) is 29.1 Å². The third-order valence-corrected chi connectivity index (χ3v) is 4.28. The summed E-state index contributed by atoms with van der Waals surface area (Å²) in [7, 11) is 2.89. The summed E-state index contributed by atoms with van der Waals surface area (Å²) in [4.78, 5) is 24.4. The molecule has 164 valence electrons. The maximum absolute atomic E-state index is 12.2. The molecule has 0 saturated carbocycles. The van der Waals surface area contributed by atoms with Crippen molar-refractivity contribution in [3.8, 4) is 23.0 Å². The zero-order valence-corrected chi connectivity index (χ0v) is 17.6. The van der Waals surface area contributed by atoms with E-state index in [1.54, 1.807) is 48.6 Å². The summed E-state index contributed by atoms with van der Waals surface area (Å²) in [6.45, 7) is 7.35. The normalized spacial score (nSPS) is 11.2. The maximum atomic E-state index is 12.2. The highest BCUT2D eigenvalue weighted by molar-refractivity contribution is 5.84. The van der Waals surface area contributed by atoms with Gasteiger partial charge in [0.1, 0.15) is 0 Å². The summed E-state index contributed by atoms with van der Waals surface area (Å²) in [5, 5.41) is 10.1. The first-order valence-corrected chi connectivity index (χ1v) is 9.57. The van der Waals surface area contributed by atoms with Crippen LogP contribution in [0.5, 0.6) is 23.0 Å². The highest BCUT2D eigenvalue weighted by Crippen LogP contribution is 2.30. The highest BCUT2D eigenvalue weighted by Gasteiger charge is 2.24. The van der Waals surface area contributed by atoms with Crippen LogP contribution in [0, 0.1) is 0 Å². The number of hydrogen-bond acceptors (Lipinski definition) is 7. The molecule has 0 aliphatic carbocycles. The van der Waals surface area contributed by atoms with E-state index in [0.29, 0.717) is 24.3 Å². The number of hydrogen-bond donors (Lipinski definition) is 1. The number of methoxy groups -OCH3 is 2. The summed E-state index contributed by atoms with van der Waals surface area (Å²) >= 11 is 0. The van der Waals surface area contributed by atoms with Crippen molar-refractivity contribution in [1.29, 1.82) is 0 Å². The fourth-order valence-corrected chi connectivity index (χ4v) is 2.76. The minimum Gasteiger partial charge on any atom is -0.493 e. The van der Waals surface area contributed by atoms with Crippen molar-refractivity contribution in [1.82, 2.24) is 0 Å². The van der Waals surface area contributed by atoms with Crippen molar-refractivity contribution in [2.24, 2.45) is 0 Å². The molecule has 7 nitrogen and oxygen atoms in total. The molecular formula is C24H26O7. The van der Waals surface area contributed by atoms with E-state index in [4.69, 9.17) is 18.9 Å². The van der Waals surface area contributed by atoms with Gasteiger partial charge in [-0.2, -0.15) is 0 Å². The zero-order valence-electron chi connectivity index (χ0n) is 17.6. The molecule has 1 atom stereocenters. The summed E-state index contributed by atoms with van der Waals surface area (Å²) in [5.41, 5.74) is 1.85. The van der Waals surface area contributed by atoms with Crippen LogP contribution in [0.15, 0.2) is 61.7 Å². The first kappa shape index (κ1) is 23.7. The van der Waals surface area contributed by atoms with E-state index in [2.05, 4.69) is 13.2 Å². The number of rotatable bonds is 11. The van der Waals surface area contributed by atoms with Crippen molar-refractivity contribution < 1.29 is 33.6 Å². The molecule has 2 aromatic rings. The van der Waals surface area contributed by atoms with Crippen LogP contribution in [0.1, 0.15) is 17.5 Å². The number of carbonyl (C=O) groups excluding carboxylic acids is 2. The van der Waals surface area contributed by atoms with Gasteiger partial charge in [0.05, 0.1) is 20.6 Å². The standard InChI is InChI=1S/C24H26O7/c1-5-7-16-9-11-19(21(13-16)28-3)30-23(26)15-18(25)24(27)31-20-12-10-17(8-6-2)14-22(20)29-4/h5-6,9-14,18,25H,1-2,7-8,15H2,3-4H3/t18-/m0/s1. The Kier molecular flexibility index (Phi) is 8.84. The Labute approximate surface area is 181 Å². The van der Waals surface area contributed by atoms with E-state index in [1.807, 2.05) is 0 Å². The Morgan fingerprint density at radius 2 is 1.35 bits per heavy atom. The van der Waals surface area contributed by atoms with Gasteiger partial charge >= 0.3 is 11.9 Å². The molecule has 2 rings (SSSR count). The summed E-state index contributed by atoms with van der Waals surface area (Å²) < 4.78 is 20.9. The first-order chi connectivity index (χ1) is 14.9. The molecule has 0 aliphatic heterocycles. The first-order valence-electron chi connectivity index (χ1n) is 9.57. The number of ether oxygens (including phenoxy) is 4. The van der Waals surface area contributed by atoms with Gasteiger partial charge in [-0.25, -0.2) is 4.79 Å². The SMILES string of the molecule is C=CCc1ccc(OC(=O)C[C@H](O)C(=O)Oc2ccc(CC=C)cc2OC)c(OC)c1. The van der Waals surface area contributed by atoms with E-state index >= 15 is 0 Å². The molecule has 0 aliphatic rings. The quantitative estimate of drug-likeness (QED) is 0.334. The van der Waals surface area contributed by atoms with E-state index < -0.39 is 24.5 Å². The molecule has 0 radical (unpaired) electrons. The van der Waals surface area contributed by atoms with E-state index in [9.17, 15) is 14.7 Å². The van der Waals surface area contributed by atoms with Gasteiger partial charge in [0.25, 0.3) is 0 Å². The van der Waals surface area contributed by atoms with E-state index in [1.165, 1.54) is 14.2 Å².